The number of methoxy groups -OCH3 is 2. The van der Waals surface area contributed by atoms with Gasteiger partial charge in [-0.25, -0.2) is 4.98 Å². The zero-order valence-corrected chi connectivity index (χ0v) is 36.1. The molecule has 0 bridgehead atoms. The van der Waals surface area contributed by atoms with E-state index in [0.29, 0.717) is 37.2 Å². The molecule has 1 aromatic heterocycles. The summed E-state index contributed by atoms with van der Waals surface area (Å²) < 4.78 is 11.2. The number of nitrogens with two attached hydrogens (primary N) is 1. The van der Waals surface area contributed by atoms with Crippen molar-refractivity contribution in [1.29, 1.82) is 0 Å². The van der Waals surface area contributed by atoms with Crippen LogP contribution in [0.25, 0.3) is 0 Å². The first-order chi connectivity index (χ1) is 28.1. The van der Waals surface area contributed by atoms with Gasteiger partial charge in [0.05, 0.1) is 6.54 Å². The van der Waals surface area contributed by atoms with Gasteiger partial charge in [0, 0.05) is 76.7 Å². The monoisotopic (exact) mass is 849 g/mol. The minimum atomic E-state index is -1.05. The van der Waals surface area contributed by atoms with E-state index in [1.165, 1.54) is 18.3 Å². The summed E-state index contributed by atoms with van der Waals surface area (Å²) in [6, 6.07) is -2.22. The van der Waals surface area contributed by atoms with E-state index in [4.69, 9.17) is 15.2 Å². The number of hydrogen-bond acceptors (Lipinski definition) is 13. The Morgan fingerprint density at radius 3 is 2.20 bits per heavy atom. The van der Waals surface area contributed by atoms with E-state index in [1.807, 2.05) is 27.7 Å². The van der Waals surface area contributed by atoms with E-state index in [1.54, 1.807) is 24.5 Å². The van der Waals surface area contributed by atoms with E-state index in [9.17, 15) is 38.4 Å². The predicted molar refractivity (Wildman–Crippen MR) is 219 cm³/mol. The highest BCUT2D eigenvalue weighted by molar-refractivity contribution is 7.09. The van der Waals surface area contributed by atoms with Crippen LogP contribution in [0.4, 0.5) is 0 Å². The molecule has 5 atom stereocenters. The zero-order valence-electron chi connectivity index (χ0n) is 35.3. The van der Waals surface area contributed by atoms with Crippen molar-refractivity contribution in [2.75, 3.05) is 53.7 Å². The number of carbonyl (C=O) groups is 8. The van der Waals surface area contributed by atoms with E-state index in [-0.39, 0.29) is 68.7 Å². The van der Waals surface area contributed by atoms with Crippen LogP contribution in [-0.4, -0.2) is 134 Å². The third-order valence-corrected chi connectivity index (χ3v) is 10.7. The largest absolute Gasteiger partial charge is 0.374 e. The highest BCUT2D eigenvalue weighted by Gasteiger charge is 2.32. The van der Waals surface area contributed by atoms with Crippen LogP contribution in [-0.2, 0) is 43.0 Å². The average Bonchev–Trinajstić information content (AvgIpc) is 3.82. The number of rotatable bonds is 28. The first-order valence-corrected chi connectivity index (χ1v) is 20.9. The molecule has 1 aliphatic rings. The number of amides is 8. The molecule has 0 saturated carbocycles. The van der Waals surface area contributed by atoms with Gasteiger partial charge in [0.1, 0.15) is 35.6 Å². The number of nitrogens with zero attached hydrogens (tertiary/aromatic N) is 3. The van der Waals surface area contributed by atoms with Crippen molar-refractivity contribution in [3.05, 3.63) is 28.2 Å². The van der Waals surface area contributed by atoms with Crippen LogP contribution in [0.3, 0.4) is 0 Å². The molecule has 2 heterocycles. The summed E-state index contributed by atoms with van der Waals surface area (Å²) in [5.74, 6) is -3.50. The lowest BCUT2D eigenvalue weighted by atomic mass is 9.95. The highest BCUT2D eigenvalue weighted by Crippen LogP contribution is 2.30. The van der Waals surface area contributed by atoms with Gasteiger partial charge in [0.2, 0.25) is 29.5 Å². The van der Waals surface area contributed by atoms with E-state index in [0.717, 1.165) is 23.5 Å². The van der Waals surface area contributed by atoms with Crippen molar-refractivity contribution < 1.29 is 47.8 Å². The van der Waals surface area contributed by atoms with Crippen LogP contribution >= 0.6 is 11.3 Å². The maximum absolute atomic E-state index is 13.3. The third-order valence-electron chi connectivity index (χ3n) is 9.72. The molecular formula is C39H63N9O10S. The molecule has 2 rings (SSSR count). The number of carbonyl (C=O) groups excluding carboxylic acids is 8. The minimum absolute atomic E-state index is 0.00755. The molecule has 4 unspecified atom stereocenters. The number of ether oxygens (including phenoxy) is 2. The fourth-order valence-electron chi connectivity index (χ4n) is 6.00. The van der Waals surface area contributed by atoms with Gasteiger partial charge in [-0.1, -0.05) is 34.1 Å². The maximum Gasteiger partial charge on any atom is 0.271 e. The fraction of sp³-hybridized carbons (Fsp3) is 0.667. The molecule has 1 aromatic rings. The Hall–Kier alpha value is -4.79. The maximum atomic E-state index is 13.3. The van der Waals surface area contributed by atoms with Gasteiger partial charge >= 0.3 is 0 Å². The number of hydrogen-bond donors (Lipinski definition) is 6. The molecule has 0 fully saturated rings. The lowest BCUT2D eigenvalue weighted by Crippen LogP contribution is -2.52. The molecule has 1 aliphatic heterocycles. The third kappa shape index (κ3) is 17.1. The molecule has 59 heavy (non-hydrogen) atoms. The Balaban J connectivity index is 1.90. The van der Waals surface area contributed by atoms with Gasteiger partial charge in [-0.05, 0) is 44.6 Å². The van der Waals surface area contributed by atoms with Crippen molar-refractivity contribution in [1.82, 2.24) is 41.4 Å². The van der Waals surface area contributed by atoms with Crippen molar-refractivity contribution in [3.8, 4) is 0 Å². The van der Waals surface area contributed by atoms with Crippen LogP contribution in [0.1, 0.15) is 101 Å². The summed E-state index contributed by atoms with van der Waals surface area (Å²) in [7, 11) is 3.09. The quantitative estimate of drug-likeness (QED) is 0.0383. The zero-order chi connectivity index (χ0) is 44.1. The first-order valence-electron chi connectivity index (χ1n) is 20.0. The van der Waals surface area contributed by atoms with Crippen LogP contribution in [0.5, 0.6) is 0 Å². The molecule has 19 nitrogen and oxygen atoms in total. The summed E-state index contributed by atoms with van der Waals surface area (Å²) >= 11 is 1.22. The van der Waals surface area contributed by atoms with Gasteiger partial charge in [0.25, 0.3) is 17.7 Å². The molecule has 0 radical (unpaired) electrons. The lowest BCUT2D eigenvalue weighted by Gasteiger charge is -2.36. The molecule has 7 N–H and O–H groups in total. The summed E-state index contributed by atoms with van der Waals surface area (Å²) in [4.78, 5) is 108. The normalized spacial score (nSPS) is 15.0. The molecular weight excluding hydrogens is 787 g/mol. The van der Waals surface area contributed by atoms with Crippen molar-refractivity contribution in [2.45, 2.75) is 104 Å². The van der Waals surface area contributed by atoms with Crippen LogP contribution in [0, 0.1) is 11.8 Å². The second-order valence-electron chi connectivity index (χ2n) is 14.7. The Morgan fingerprint density at radius 2 is 1.59 bits per heavy atom. The SMILES string of the molecule is CC[C@H](C)CC(=O)N(COC)C(CC(OC)c1nc(C(=O)NC(C)C(=O)NCC(=O)NC(CCCCN)C(=O)NCCNC(=O)CCN2C(=O)C=CC2=O)cs1)C(C)C. The van der Waals surface area contributed by atoms with Gasteiger partial charge in [-0.15, -0.1) is 11.3 Å². The standard InChI is InChI=1S/C39H63N9O10S/c1-8-25(4)19-35(53)48(23-57-6)29(24(2)3)20-30(58-7)39-46-28(22-59-39)38(56)44-26(5)36(54)43-21-32(50)45-27(11-9-10-15-40)37(55)42-17-16-41-31(49)14-18-47-33(51)12-13-34(47)52/h12-13,22,24-27,29-30H,8-11,14-21,23,40H2,1-7H3,(H,41,49)(H,42,55)(H,43,54)(H,44,56)(H,45,50)/t25-,26?,27?,29?,30?/m0/s1. The number of nitrogens with one attached hydrogen (secondary N) is 5. The van der Waals surface area contributed by atoms with Crippen LogP contribution in [0.2, 0.25) is 0 Å². The number of unbranched alkanes of at least 4 members (excludes halogenated alkanes) is 1. The molecule has 0 saturated heterocycles. The Morgan fingerprint density at radius 1 is 0.915 bits per heavy atom. The van der Waals surface area contributed by atoms with Crippen molar-refractivity contribution in [3.63, 3.8) is 0 Å². The minimum Gasteiger partial charge on any atom is -0.374 e. The van der Waals surface area contributed by atoms with Gasteiger partial charge in [-0.3, -0.25) is 43.3 Å². The number of thiazole rings is 1. The van der Waals surface area contributed by atoms with Crippen molar-refractivity contribution in [2.24, 2.45) is 17.6 Å². The molecule has 20 heteroatoms. The first kappa shape index (κ1) is 50.4. The molecule has 0 aromatic carbocycles. The van der Waals surface area contributed by atoms with E-state index in [2.05, 4.69) is 31.6 Å². The molecule has 8 amide bonds. The second-order valence-corrected chi connectivity index (χ2v) is 15.6. The molecule has 330 valence electrons. The predicted octanol–water partition coefficient (Wildman–Crippen LogP) is 0.510. The summed E-state index contributed by atoms with van der Waals surface area (Å²) in [5.41, 5.74) is 5.67. The smallest absolute Gasteiger partial charge is 0.271 e. The Labute approximate surface area is 350 Å². The number of aromatic nitrogens is 1. The van der Waals surface area contributed by atoms with E-state index >= 15 is 0 Å². The summed E-state index contributed by atoms with van der Waals surface area (Å²) in [5, 5.41) is 15.0. The summed E-state index contributed by atoms with van der Waals surface area (Å²) in [6.45, 7) is 9.66. The number of imide groups is 1. The van der Waals surface area contributed by atoms with Gasteiger partial charge in [0.15, 0.2) is 0 Å². The van der Waals surface area contributed by atoms with Crippen LogP contribution < -0.4 is 32.3 Å². The Kier molecular flexibility index (Phi) is 22.5. The topological polar surface area (TPSA) is 261 Å². The molecule has 0 aliphatic carbocycles. The summed E-state index contributed by atoms with van der Waals surface area (Å²) in [6.07, 6.45) is 4.75. The average molecular weight is 850 g/mol. The second kappa shape index (κ2) is 26.3. The lowest BCUT2D eigenvalue weighted by molar-refractivity contribution is -0.143. The van der Waals surface area contributed by atoms with Crippen LogP contribution in [0.15, 0.2) is 17.5 Å². The molecule has 0 spiro atoms. The van der Waals surface area contributed by atoms with E-state index < -0.39 is 66.1 Å². The fourth-order valence-corrected chi connectivity index (χ4v) is 6.88. The highest BCUT2D eigenvalue weighted by atomic mass is 32.1. The Bertz CT molecular complexity index is 1600. The van der Waals surface area contributed by atoms with Crippen molar-refractivity contribution >= 4 is 58.6 Å². The van der Waals surface area contributed by atoms with Gasteiger partial charge in [-0.2, -0.15) is 0 Å². The van der Waals surface area contributed by atoms with Gasteiger partial charge < -0.3 is 46.7 Å².